The third-order valence-corrected chi connectivity index (χ3v) is 18.4. The van der Waals surface area contributed by atoms with Crippen molar-refractivity contribution in [3.63, 3.8) is 0 Å². The Hall–Kier alpha value is -6.51. The van der Waals surface area contributed by atoms with Crippen molar-refractivity contribution < 1.29 is 47.9 Å². The monoisotopic (exact) mass is 1230 g/mol. The number of rotatable bonds is 13. The molecule has 2 saturated heterocycles. The Kier molecular flexibility index (Phi) is 27.2. The van der Waals surface area contributed by atoms with Crippen molar-refractivity contribution in [1.29, 1.82) is 0 Å². The van der Waals surface area contributed by atoms with Gasteiger partial charge in [-0.2, -0.15) is 0 Å². The van der Waals surface area contributed by atoms with E-state index in [2.05, 4.69) is 42.5 Å². The van der Waals surface area contributed by atoms with Crippen LogP contribution in [0.25, 0.3) is 0 Å². The van der Waals surface area contributed by atoms with E-state index < -0.39 is 130 Å². The van der Waals surface area contributed by atoms with Crippen LogP contribution in [0.4, 0.5) is 0 Å². The van der Waals surface area contributed by atoms with E-state index in [1.54, 1.807) is 34.6 Å². The van der Waals surface area contributed by atoms with E-state index in [-0.39, 0.29) is 69.2 Å². The Balaban J connectivity index is 1.55. The molecule has 1 saturated carbocycles. The number of thioether (sulfide) groups is 1. The molecular weight excluding hydrogens is 1120 g/mol. The van der Waals surface area contributed by atoms with E-state index in [1.807, 2.05) is 102 Å². The quantitative estimate of drug-likeness (QED) is 0.124. The second-order valence-corrected chi connectivity index (χ2v) is 28.5. The van der Waals surface area contributed by atoms with E-state index in [9.17, 15) is 47.9 Å². The number of amides is 10. The number of carbonyl (C=O) groups excluding carboxylic acids is 10. The fraction of sp³-hybridized carbons (Fsp3) is 0.667. The maximum absolute atomic E-state index is 15.0. The molecule has 2 aliphatic heterocycles. The van der Waals surface area contributed by atoms with Crippen LogP contribution in [-0.4, -0.2) is 153 Å². The highest BCUT2D eigenvalue weighted by atomic mass is 32.2. The first-order chi connectivity index (χ1) is 41.0. The molecular formula is C66H102N10O10S. The number of hydrogen-bond acceptors (Lipinski definition) is 11. The molecule has 10 amide bonds. The van der Waals surface area contributed by atoms with Crippen molar-refractivity contribution >= 4 is 70.8 Å². The van der Waals surface area contributed by atoms with Gasteiger partial charge in [-0.15, -0.1) is 11.8 Å². The number of nitrogens with zero attached hydrogens (tertiary/aromatic N) is 2. The predicted molar refractivity (Wildman–Crippen MR) is 339 cm³/mol. The molecule has 1 aliphatic carbocycles. The molecule has 87 heavy (non-hydrogen) atoms. The number of hydrogen-bond donors (Lipinski definition) is 8. The summed E-state index contributed by atoms with van der Waals surface area (Å²) in [6.07, 6.45) is 7.31. The summed E-state index contributed by atoms with van der Waals surface area (Å²) in [6, 6.07) is 9.24. The topological polar surface area (TPSA) is 273 Å². The zero-order valence-electron chi connectivity index (χ0n) is 54.0. The van der Waals surface area contributed by atoms with Crippen LogP contribution in [0.5, 0.6) is 0 Å². The summed E-state index contributed by atoms with van der Waals surface area (Å²) < 4.78 is -0.736. The van der Waals surface area contributed by atoms with E-state index in [0.717, 1.165) is 43.2 Å². The molecule has 0 unspecified atom stereocenters. The summed E-state index contributed by atoms with van der Waals surface area (Å²) >= 11 is 1.24. The third kappa shape index (κ3) is 21.4. The molecule has 20 nitrogen and oxygen atoms in total. The first-order valence-electron chi connectivity index (χ1n) is 31.7. The number of nitrogens with one attached hydrogen (secondary N) is 8. The minimum Gasteiger partial charge on any atom is -0.353 e. The molecule has 9 atom stereocenters. The summed E-state index contributed by atoms with van der Waals surface area (Å²) in [5.41, 5.74) is 0.0456. The molecule has 3 aliphatic rings. The normalized spacial score (nSPS) is 27.4. The molecule has 5 rings (SSSR count). The third-order valence-electron chi connectivity index (χ3n) is 17.1. The van der Waals surface area contributed by atoms with Gasteiger partial charge < -0.3 is 52.3 Å². The van der Waals surface area contributed by atoms with Crippen molar-refractivity contribution in [3.05, 3.63) is 71.8 Å². The number of benzene rings is 2. The lowest BCUT2D eigenvalue weighted by Crippen LogP contribution is -2.64. The summed E-state index contributed by atoms with van der Waals surface area (Å²) in [4.78, 5) is 148. The van der Waals surface area contributed by atoms with Gasteiger partial charge in [0.25, 0.3) is 0 Å². The average molecular weight is 1230 g/mol. The molecule has 8 N–H and O–H groups in total. The van der Waals surface area contributed by atoms with Gasteiger partial charge in [-0.05, 0) is 107 Å². The van der Waals surface area contributed by atoms with Crippen LogP contribution >= 0.6 is 11.8 Å². The van der Waals surface area contributed by atoms with Crippen LogP contribution in [-0.2, 0) is 60.8 Å². The molecule has 0 spiro atoms. The molecule has 0 aromatic heterocycles. The van der Waals surface area contributed by atoms with Gasteiger partial charge in [0, 0.05) is 37.7 Å². The highest BCUT2D eigenvalue weighted by Crippen LogP contribution is 2.32. The molecule has 2 heterocycles. The van der Waals surface area contributed by atoms with Crippen LogP contribution in [0.2, 0.25) is 0 Å². The van der Waals surface area contributed by atoms with E-state index in [1.165, 1.54) is 35.5 Å². The second-order valence-electron chi connectivity index (χ2n) is 26.8. The fourth-order valence-corrected chi connectivity index (χ4v) is 12.5. The van der Waals surface area contributed by atoms with Gasteiger partial charge in [-0.3, -0.25) is 47.9 Å². The van der Waals surface area contributed by atoms with E-state index in [0.29, 0.717) is 18.8 Å². The number of carbonyl (C=O) groups is 10. The van der Waals surface area contributed by atoms with Crippen LogP contribution in [0, 0.1) is 29.6 Å². The maximum Gasteiger partial charge on any atom is 0.246 e. The van der Waals surface area contributed by atoms with Gasteiger partial charge in [0.15, 0.2) is 0 Å². The minimum atomic E-state index is -1.45. The fourth-order valence-electron chi connectivity index (χ4n) is 11.7. The van der Waals surface area contributed by atoms with Crippen molar-refractivity contribution in [2.24, 2.45) is 29.6 Å². The predicted octanol–water partition coefficient (Wildman–Crippen LogP) is 5.50. The standard InChI is InChI=1S/C66H102N10O10S/c1-40(2)34-49-58(80)70-48(31-30-45-24-17-14-18-25-45)57(79)72-51(35-41(3)4)62(84)75(13)52(37-47-28-21-16-22-29-47)60(82)68-44(9)56(78)67-39-65(10,11)87-38-53(77)69-50(36-46-26-19-15-20-27-46)59(81)73-55(43(7)8)63(85)76-33-23-32-66(76,12)64(86)74-54(42(5)6)61(83)71-49/h15-16,19-22,26-29,40-45,48-52,54-55H,14,17-18,23-25,30-39H2,1-13H3,(H,67,78)(H,68,82)(H,69,77)(H,70,80)(H,71,83)(H,72,79)(H,73,81)(H,74,86)/t44-,48-,49-,50-,51-,52-,54-,55-,66-/m0/s1. The SMILES string of the molecule is CC(C)C[C@@H]1NC(=O)[C@H](C(C)C)NC(=O)[C@]2(C)CCCN2C(=O)[C@H](C(C)C)NC(=O)[C@H](Cc2ccccc2)NC(=O)CSC(C)(C)CNC(=O)[C@H](C)NC(=O)[C@H](Cc2ccccc2)N(C)C(=O)[C@H](CC(C)C)NC(=O)[C@H](CCC2CCCCC2)NC1=O. The smallest absolute Gasteiger partial charge is 0.246 e. The van der Waals surface area contributed by atoms with Crippen LogP contribution < -0.4 is 42.5 Å². The molecule has 2 aromatic rings. The lowest BCUT2D eigenvalue weighted by atomic mass is 9.85. The number of likely N-dealkylation sites (N-methyl/N-ethyl adjacent to an activating group) is 1. The van der Waals surface area contributed by atoms with Gasteiger partial charge in [0.2, 0.25) is 59.1 Å². The Bertz CT molecular complexity index is 2670. The minimum absolute atomic E-state index is 0.0732. The lowest BCUT2D eigenvalue weighted by molar-refractivity contribution is -0.148. The van der Waals surface area contributed by atoms with Crippen LogP contribution in [0.15, 0.2) is 60.7 Å². The first-order valence-corrected chi connectivity index (χ1v) is 32.7. The molecule has 2 aromatic carbocycles. The molecule has 482 valence electrons. The summed E-state index contributed by atoms with van der Waals surface area (Å²) in [7, 11) is 1.50. The zero-order chi connectivity index (χ0) is 64.3. The molecule has 0 radical (unpaired) electrons. The summed E-state index contributed by atoms with van der Waals surface area (Å²) in [5, 5.41) is 23.4. The van der Waals surface area contributed by atoms with Crippen LogP contribution in [0.1, 0.15) is 165 Å². The lowest BCUT2D eigenvalue weighted by Gasteiger charge is -2.38. The van der Waals surface area contributed by atoms with Gasteiger partial charge in [0.05, 0.1) is 5.75 Å². The second kappa shape index (κ2) is 33.2. The highest BCUT2D eigenvalue weighted by molar-refractivity contribution is 8.01. The zero-order valence-corrected chi connectivity index (χ0v) is 54.8. The largest absolute Gasteiger partial charge is 0.353 e. The average Bonchev–Trinajstić information content (AvgIpc) is 2.60. The van der Waals surface area contributed by atoms with Gasteiger partial charge in [-0.25, -0.2) is 0 Å². The van der Waals surface area contributed by atoms with Gasteiger partial charge >= 0.3 is 0 Å². The van der Waals surface area contributed by atoms with E-state index >= 15 is 0 Å². The van der Waals surface area contributed by atoms with E-state index in [4.69, 9.17) is 0 Å². The number of fused-ring (bicyclic) bond motifs is 1. The summed E-state index contributed by atoms with van der Waals surface area (Å²) in [5.74, 6) is -6.68. The highest BCUT2D eigenvalue weighted by Gasteiger charge is 2.49. The van der Waals surface area contributed by atoms with Gasteiger partial charge in [0.1, 0.15) is 53.9 Å². The Labute approximate surface area is 521 Å². The maximum atomic E-state index is 15.0. The van der Waals surface area contributed by atoms with Crippen molar-refractivity contribution in [3.8, 4) is 0 Å². The first kappa shape index (κ1) is 71.2. The van der Waals surface area contributed by atoms with Crippen molar-refractivity contribution in [2.45, 2.75) is 225 Å². The molecule has 21 heteroatoms. The summed E-state index contributed by atoms with van der Waals surface area (Å²) in [6.45, 7) is 21.9. The molecule has 0 bridgehead atoms. The Morgan fingerprint density at radius 3 is 1.67 bits per heavy atom. The van der Waals surface area contributed by atoms with Crippen molar-refractivity contribution in [2.75, 3.05) is 25.9 Å². The molecule has 3 fully saturated rings. The Morgan fingerprint density at radius 1 is 0.540 bits per heavy atom. The van der Waals surface area contributed by atoms with Gasteiger partial charge in [-0.1, -0.05) is 148 Å². The Morgan fingerprint density at radius 2 is 1.08 bits per heavy atom. The van der Waals surface area contributed by atoms with Crippen LogP contribution in [0.3, 0.4) is 0 Å². The van der Waals surface area contributed by atoms with Crippen molar-refractivity contribution in [1.82, 2.24) is 52.3 Å².